The van der Waals surface area contributed by atoms with Gasteiger partial charge in [-0.1, -0.05) is 5.73 Å². The zero-order valence-electron chi connectivity index (χ0n) is 11.5. The van der Waals surface area contributed by atoms with E-state index in [0.717, 1.165) is 0 Å². The SMILES string of the molecule is CC(=C=COC(=O)N(C(C)C)C(C)C)[C@H](C)O. The molecule has 1 atom stereocenters. The monoisotopic (exact) mass is 241 g/mol. The van der Waals surface area contributed by atoms with Crippen molar-refractivity contribution < 1.29 is 14.6 Å². The molecule has 0 radical (unpaired) electrons. The summed E-state index contributed by atoms with van der Waals surface area (Å²) in [5, 5.41) is 9.20. The molecule has 0 saturated heterocycles. The van der Waals surface area contributed by atoms with Crippen LogP contribution in [-0.2, 0) is 4.74 Å². The number of rotatable bonds is 4. The Balaban J connectivity index is 4.60. The lowest BCUT2D eigenvalue weighted by molar-refractivity contribution is 0.109. The van der Waals surface area contributed by atoms with Crippen molar-refractivity contribution in [1.82, 2.24) is 4.90 Å². The highest BCUT2D eigenvalue weighted by Gasteiger charge is 2.20. The zero-order chi connectivity index (χ0) is 13.6. The lowest BCUT2D eigenvalue weighted by Crippen LogP contribution is -2.41. The summed E-state index contributed by atoms with van der Waals surface area (Å²) in [5.41, 5.74) is 3.34. The first kappa shape index (κ1) is 15.8. The molecule has 0 fully saturated rings. The second-order valence-corrected chi connectivity index (χ2v) is 4.60. The van der Waals surface area contributed by atoms with E-state index in [2.05, 4.69) is 5.73 Å². The van der Waals surface area contributed by atoms with Gasteiger partial charge in [0, 0.05) is 12.1 Å². The summed E-state index contributed by atoms with van der Waals surface area (Å²) in [7, 11) is 0. The zero-order valence-corrected chi connectivity index (χ0v) is 11.5. The Morgan fingerprint density at radius 3 is 2.06 bits per heavy atom. The van der Waals surface area contributed by atoms with Gasteiger partial charge in [0.15, 0.2) is 0 Å². The van der Waals surface area contributed by atoms with E-state index in [4.69, 9.17) is 4.74 Å². The Labute approximate surface area is 104 Å². The van der Waals surface area contributed by atoms with Crippen molar-refractivity contribution in [2.24, 2.45) is 0 Å². The van der Waals surface area contributed by atoms with E-state index in [-0.39, 0.29) is 12.1 Å². The minimum absolute atomic E-state index is 0.0812. The largest absolute Gasteiger partial charge is 0.415 e. The Kier molecular flexibility index (Phi) is 6.62. The summed E-state index contributed by atoms with van der Waals surface area (Å²) in [5.74, 6) is 0. The van der Waals surface area contributed by atoms with Gasteiger partial charge >= 0.3 is 6.09 Å². The molecule has 0 aromatic carbocycles. The molecule has 4 nitrogen and oxygen atoms in total. The van der Waals surface area contributed by atoms with Gasteiger partial charge in [-0.2, -0.15) is 0 Å². The van der Waals surface area contributed by atoms with E-state index >= 15 is 0 Å². The molecule has 1 N–H and O–H groups in total. The fraction of sp³-hybridized carbons (Fsp3) is 0.692. The fourth-order valence-electron chi connectivity index (χ4n) is 1.37. The molecule has 1 amide bonds. The maximum Gasteiger partial charge on any atom is 0.415 e. The van der Waals surface area contributed by atoms with Crippen LogP contribution < -0.4 is 0 Å². The molecule has 0 aliphatic carbocycles. The van der Waals surface area contributed by atoms with Crippen LogP contribution in [0.1, 0.15) is 41.5 Å². The first-order valence-corrected chi connectivity index (χ1v) is 5.86. The number of aliphatic hydroxyl groups is 1. The molecular weight excluding hydrogens is 218 g/mol. The van der Waals surface area contributed by atoms with Crippen LogP contribution in [-0.4, -0.2) is 34.3 Å². The molecule has 0 aliphatic rings. The highest BCUT2D eigenvalue weighted by atomic mass is 16.5. The van der Waals surface area contributed by atoms with Crippen LogP contribution in [0.3, 0.4) is 0 Å². The van der Waals surface area contributed by atoms with Crippen molar-refractivity contribution >= 4 is 6.09 Å². The minimum Gasteiger partial charge on any atom is -0.410 e. The van der Waals surface area contributed by atoms with E-state index in [1.165, 1.54) is 6.26 Å². The van der Waals surface area contributed by atoms with Crippen molar-refractivity contribution in [3.8, 4) is 0 Å². The smallest absolute Gasteiger partial charge is 0.410 e. The number of amides is 1. The number of hydrogen-bond donors (Lipinski definition) is 1. The first-order valence-electron chi connectivity index (χ1n) is 5.86. The van der Waals surface area contributed by atoms with Gasteiger partial charge in [0.1, 0.15) is 6.26 Å². The van der Waals surface area contributed by atoms with Gasteiger partial charge in [-0.3, -0.25) is 0 Å². The molecule has 0 unspecified atom stereocenters. The van der Waals surface area contributed by atoms with E-state index in [1.54, 1.807) is 18.7 Å². The number of hydrogen-bond acceptors (Lipinski definition) is 3. The standard InChI is InChI=1S/C13H23NO3/c1-9(2)14(10(3)4)13(16)17-8-7-11(5)12(6)15/h8-10,12,15H,1-6H3/t7?,12-/m0/s1. The maximum absolute atomic E-state index is 11.7. The number of carbonyl (C=O) groups is 1. The fourth-order valence-corrected chi connectivity index (χ4v) is 1.37. The van der Waals surface area contributed by atoms with Crippen LogP contribution in [0.25, 0.3) is 0 Å². The Morgan fingerprint density at radius 2 is 1.71 bits per heavy atom. The molecule has 0 rings (SSSR count). The predicted molar refractivity (Wildman–Crippen MR) is 67.5 cm³/mol. The molecule has 0 aromatic rings. The van der Waals surface area contributed by atoms with E-state index < -0.39 is 12.2 Å². The van der Waals surface area contributed by atoms with Crippen molar-refractivity contribution in [3.05, 3.63) is 17.6 Å². The number of carbonyl (C=O) groups excluding carboxylic acids is 1. The number of aliphatic hydroxyl groups excluding tert-OH is 1. The highest BCUT2D eigenvalue weighted by molar-refractivity contribution is 5.68. The van der Waals surface area contributed by atoms with Gasteiger partial charge in [0.05, 0.1) is 6.10 Å². The van der Waals surface area contributed by atoms with Crippen molar-refractivity contribution in [3.63, 3.8) is 0 Å². The van der Waals surface area contributed by atoms with Crippen LogP contribution in [0.5, 0.6) is 0 Å². The molecule has 0 aliphatic heterocycles. The molecule has 0 saturated carbocycles. The quantitative estimate of drug-likeness (QED) is 0.608. The maximum atomic E-state index is 11.7. The Hall–Kier alpha value is -1.25. The van der Waals surface area contributed by atoms with Crippen molar-refractivity contribution in [2.75, 3.05) is 0 Å². The van der Waals surface area contributed by atoms with Gasteiger partial charge in [-0.15, -0.1) is 0 Å². The average molecular weight is 241 g/mol. The number of nitrogens with zero attached hydrogens (tertiary/aromatic N) is 1. The molecule has 4 heteroatoms. The second kappa shape index (κ2) is 7.15. The van der Waals surface area contributed by atoms with Crippen LogP contribution in [0.2, 0.25) is 0 Å². The van der Waals surface area contributed by atoms with Crippen molar-refractivity contribution in [1.29, 1.82) is 0 Å². The molecule has 0 aromatic heterocycles. The van der Waals surface area contributed by atoms with Gasteiger partial charge in [-0.25, -0.2) is 4.79 Å². The molecule has 0 spiro atoms. The van der Waals surface area contributed by atoms with Gasteiger partial charge in [0.25, 0.3) is 0 Å². The van der Waals surface area contributed by atoms with Gasteiger partial charge in [0.2, 0.25) is 0 Å². The molecule has 0 bridgehead atoms. The Morgan fingerprint density at radius 1 is 1.24 bits per heavy atom. The number of ether oxygens (including phenoxy) is 1. The van der Waals surface area contributed by atoms with E-state index in [9.17, 15) is 9.90 Å². The van der Waals surface area contributed by atoms with E-state index in [0.29, 0.717) is 5.57 Å². The van der Waals surface area contributed by atoms with Crippen LogP contribution in [0.15, 0.2) is 17.6 Å². The minimum atomic E-state index is -0.587. The van der Waals surface area contributed by atoms with E-state index in [1.807, 2.05) is 27.7 Å². The van der Waals surface area contributed by atoms with Crippen LogP contribution in [0, 0.1) is 0 Å². The third-order valence-corrected chi connectivity index (χ3v) is 2.40. The lowest BCUT2D eigenvalue weighted by Gasteiger charge is -2.28. The molecular formula is C13H23NO3. The molecule has 17 heavy (non-hydrogen) atoms. The normalized spacial score (nSPS) is 12.1. The van der Waals surface area contributed by atoms with Crippen LogP contribution >= 0.6 is 0 Å². The topological polar surface area (TPSA) is 49.8 Å². The molecule has 0 heterocycles. The highest BCUT2D eigenvalue weighted by Crippen LogP contribution is 2.07. The second-order valence-electron chi connectivity index (χ2n) is 4.60. The third-order valence-electron chi connectivity index (χ3n) is 2.40. The summed E-state index contributed by atoms with van der Waals surface area (Å²) < 4.78 is 4.97. The summed E-state index contributed by atoms with van der Waals surface area (Å²) >= 11 is 0. The molecule has 98 valence electrons. The summed E-state index contributed by atoms with van der Waals surface area (Å²) in [6, 6.07) is 0.162. The van der Waals surface area contributed by atoms with Crippen LogP contribution in [0.4, 0.5) is 4.79 Å². The summed E-state index contributed by atoms with van der Waals surface area (Å²) in [6.45, 7) is 11.1. The van der Waals surface area contributed by atoms with Gasteiger partial charge < -0.3 is 14.7 Å². The summed E-state index contributed by atoms with van der Waals surface area (Å²) in [6.07, 6.45) is 0.208. The summed E-state index contributed by atoms with van der Waals surface area (Å²) in [4.78, 5) is 13.4. The predicted octanol–water partition coefficient (Wildman–Crippen LogP) is 2.68. The average Bonchev–Trinajstić information content (AvgIpc) is 2.15. The first-order chi connectivity index (χ1) is 7.77. The van der Waals surface area contributed by atoms with Crippen molar-refractivity contribution in [2.45, 2.75) is 59.7 Å². The Bertz CT molecular complexity index is 305. The van der Waals surface area contributed by atoms with Gasteiger partial charge in [-0.05, 0) is 47.1 Å². The lowest BCUT2D eigenvalue weighted by atomic mass is 10.2. The third kappa shape index (κ3) is 5.57.